The maximum Gasteiger partial charge on any atom is 0.267 e. The smallest absolute Gasteiger partial charge is 0.267 e. The van der Waals surface area contributed by atoms with Gasteiger partial charge in [-0.3, -0.25) is 24.8 Å². The van der Waals surface area contributed by atoms with Gasteiger partial charge >= 0.3 is 0 Å². The summed E-state index contributed by atoms with van der Waals surface area (Å²) in [7, 11) is 0. The number of rotatable bonds is 7. The van der Waals surface area contributed by atoms with Crippen LogP contribution in [0.4, 0.5) is 11.5 Å². The van der Waals surface area contributed by atoms with Crippen molar-refractivity contribution < 1.29 is 14.4 Å². The molecular weight excluding hydrogens is 466 g/mol. The van der Waals surface area contributed by atoms with Gasteiger partial charge in [0.25, 0.3) is 5.91 Å². The number of piperidine rings is 1. The molecular formula is C20H20BrN7O3. The first kappa shape index (κ1) is 20.9. The van der Waals surface area contributed by atoms with Crippen LogP contribution < -0.4 is 16.4 Å². The second-order valence-corrected chi connectivity index (χ2v) is 8.28. The summed E-state index contributed by atoms with van der Waals surface area (Å²) in [5.74, 6) is -0.654. The van der Waals surface area contributed by atoms with Crippen LogP contribution in [0.1, 0.15) is 18.4 Å². The van der Waals surface area contributed by atoms with Gasteiger partial charge in [-0.2, -0.15) is 0 Å². The maximum absolute atomic E-state index is 13.0. The van der Waals surface area contributed by atoms with Crippen LogP contribution in [-0.2, 0) is 14.4 Å². The Morgan fingerprint density at radius 1 is 1.26 bits per heavy atom. The fourth-order valence-corrected chi connectivity index (χ4v) is 4.22. The highest BCUT2D eigenvalue weighted by atomic mass is 79.9. The third-order valence-corrected chi connectivity index (χ3v) is 5.87. The number of halogens is 1. The van der Waals surface area contributed by atoms with Crippen molar-refractivity contribution in [1.29, 1.82) is 5.41 Å². The molecule has 1 saturated carbocycles. The molecule has 31 heavy (non-hydrogen) atoms. The third kappa shape index (κ3) is 4.41. The highest BCUT2D eigenvalue weighted by molar-refractivity contribution is 9.10. The summed E-state index contributed by atoms with van der Waals surface area (Å²) < 4.78 is 0.603. The predicted molar refractivity (Wildman–Crippen MR) is 116 cm³/mol. The first-order chi connectivity index (χ1) is 14.8. The van der Waals surface area contributed by atoms with E-state index in [4.69, 9.17) is 11.1 Å². The van der Waals surface area contributed by atoms with Crippen LogP contribution in [0.3, 0.4) is 0 Å². The molecule has 1 saturated heterocycles. The number of hydrogen-bond acceptors (Lipinski definition) is 7. The topological polar surface area (TPSA) is 154 Å². The van der Waals surface area contributed by atoms with Crippen molar-refractivity contribution in [2.45, 2.75) is 24.9 Å². The van der Waals surface area contributed by atoms with Crippen molar-refractivity contribution in [3.8, 4) is 0 Å². The van der Waals surface area contributed by atoms with Crippen molar-refractivity contribution in [3.05, 3.63) is 46.8 Å². The number of hydrogen-bond donors (Lipinski definition) is 4. The summed E-state index contributed by atoms with van der Waals surface area (Å²) in [6, 6.07) is 6.26. The lowest BCUT2D eigenvalue weighted by atomic mass is 10.1. The summed E-state index contributed by atoms with van der Waals surface area (Å²) in [6.45, 7) is -0.0921. The molecule has 3 amide bonds. The van der Waals surface area contributed by atoms with Gasteiger partial charge in [-0.25, -0.2) is 4.98 Å². The van der Waals surface area contributed by atoms with Crippen LogP contribution in [0.2, 0.25) is 0 Å². The summed E-state index contributed by atoms with van der Waals surface area (Å²) in [4.78, 5) is 46.9. The lowest BCUT2D eigenvalue weighted by Gasteiger charge is -2.27. The number of amides is 3. The summed E-state index contributed by atoms with van der Waals surface area (Å²) in [6.07, 6.45) is 4.33. The number of fused-ring (bicyclic) bond motifs is 1. The number of anilines is 2. The lowest BCUT2D eigenvalue weighted by molar-refractivity contribution is -0.136. The van der Waals surface area contributed by atoms with E-state index >= 15 is 0 Å². The number of primary amides is 1. The van der Waals surface area contributed by atoms with Gasteiger partial charge in [-0.05, 0) is 52.9 Å². The molecule has 4 rings (SSSR count). The molecule has 160 valence electrons. The maximum atomic E-state index is 13.0. The number of nitrogens with zero attached hydrogens (tertiary/aromatic N) is 3. The molecule has 3 heterocycles. The Bertz CT molecular complexity index is 1080. The van der Waals surface area contributed by atoms with E-state index in [1.165, 1.54) is 12.4 Å². The molecule has 1 aliphatic carbocycles. The standard InChI is InChI=1S/C20H20BrN7O3/c21-15-2-1-3-16(26-15)27-20(31)14-7-10-6-13(10)28(14)17(29)9-25-12-4-5-24-8-11(12)18(22)19(23)30/h1-5,8,10,13-14,22H,6-7,9H2,(H2,23,30)(H,24,25)(H,26,27,31)/t10-,13-,14+/m1/s1. The Labute approximate surface area is 186 Å². The molecule has 0 aromatic carbocycles. The zero-order chi connectivity index (χ0) is 22.1. The van der Waals surface area contributed by atoms with E-state index in [9.17, 15) is 14.4 Å². The second-order valence-electron chi connectivity index (χ2n) is 7.46. The minimum Gasteiger partial charge on any atom is -0.376 e. The quantitative estimate of drug-likeness (QED) is 0.340. The molecule has 0 radical (unpaired) electrons. The molecule has 5 N–H and O–H groups in total. The van der Waals surface area contributed by atoms with Gasteiger partial charge in [0.1, 0.15) is 22.2 Å². The van der Waals surface area contributed by atoms with Crippen molar-refractivity contribution in [2.75, 3.05) is 17.2 Å². The Balaban J connectivity index is 1.44. The molecule has 0 bridgehead atoms. The average molecular weight is 486 g/mol. The fourth-order valence-electron chi connectivity index (χ4n) is 3.88. The van der Waals surface area contributed by atoms with E-state index in [2.05, 4.69) is 36.5 Å². The van der Waals surface area contributed by atoms with E-state index in [0.29, 0.717) is 28.4 Å². The number of aromatic nitrogens is 2. The van der Waals surface area contributed by atoms with E-state index in [1.54, 1.807) is 29.2 Å². The summed E-state index contributed by atoms with van der Waals surface area (Å²) in [5.41, 5.74) is 5.41. The van der Waals surface area contributed by atoms with Crippen LogP contribution in [0.25, 0.3) is 0 Å². The van der Waals surface area contributed by atoms with Gasteiger partial charge in [0, 0.05) is 29.7 Å². The summed E-state index contributed by atoms with van der Waals surface area (Å²) in [5, 5.41) is 13.5. The number of nitrogens with one attached hydrogen (secondary N) is 3. The molecule has 10 nitrogen and oxygen atoms in total. The normalized spacial score (nSPS) is 21.2. The first-order valence-electron chi connectivity index (χ1n) is 9.66. The van der Waals surface area contributed by atoms with Gasteiger partial charge < -0.3 is 21.3 Å². The van der Waals surface area contributed by atoms with Crippen LogP contribution in [0.15, 0.2) is 41.3 Å². The highest BCUT2D eigenvalue weighted by Crippen LogP contribution is 2.48. The average Bonchev–Trinajstić information content (AvgIpc) is 3.41. The van der Waals surface area contributed by atoms with Gasteiger partial charge in [0.15, 0.2) is 0 Å². The SMILES string of the molecule is N=C(C(N)=O)c1cnccc1NCC(=O)N1[C@@H]2C[C@@H]2C[C@H]1C(=O)Nc1cccc(Br)n1. The van der Waals surface area contributed by atoms with Crippen LogP contribution in [-0.4, -0.2) is 56.9 Å². The molecule has 0 spiro atoms. The Morgan fingerprint density at radius 2 is 2.06 bits per heavy atom. The van der Waals surface area contributed by atoms with E-state index in [1.807, 2.05) is 0 Å². The lowest BCUT2D eigenvalue weighted by Crippen LogP contribution is -2.47. The van der Waals surface area contributed by atoms with Crippen molar-refractivity contribution in [1.82, 2.24) is 14.9 Å². The minimum absolute atomic E-state index is 0.0568. The molecule has 2 aliphatic rings. The fraction of sp³-hybridized carbons (Fsp3) is 0.300. The molecule has 0 unspecified atom stereocenters. The van der Waals surface area contributed by atoms with E-state index in [-0.39, 0.29) is 30.0 Å². The number of carbonyl (C=O) groups excluding carboxylic acids is 3. The molecule has 11 heteroatoms. The van der Waals surface area contributed by atoms with Crippen molar-refractivity contribution >= 4 is 50.9 Å². The van der Waals surface area contributed by atoms with Gasteiger partial charge in [-0.15, -0.1) is 0 Å². The minimum atomic E-state index is -0.888. The predicted octanol–water partition coefficient (Wildman–Crippen LogP) is 1.13. The third-order valence-electron chi connectivity index (χ3n) is 5.43. The summed E-state index contributed by atoms with van der Waals surface area (Å²) >= 11 is 3.27. The van der Waals surface area contributed by atoms with Crippen LogP contribution in [0.5, 0.6) is 0 Å². The number of pyridine rings is 2. The monoisotopic (exact) mass is 485 g/mol. The Hall–Kier alpha value is -3.34. The second kappa shape index (κ2) is 8.42. The van der Waals surface area contributed by atoms with Crippen molar-refractivity contribution in [3.63, 3.8) is 0 Å². The molecule has 2 aromatic heterocycles. The van der Waals surface area contributed by atoms with E-state index < -0.39 is 17.7 Å². The zero-order valence-electron chi connectivity index (χ0n) is 16.3. The van der Waals surface area contributed by atoms with Crippen LogP contribution in [0, 0.1) is 11.3 Å². The Morgan fingerprint density at radius 3 is 2.81 bits per heavy atom. The largest absolute Gasteiger partial charge is 0.376 e. The molecule has 2 aromatic rings. The number of likely N-dealkylation sites (tertiary alicyclic amines) is 1. The van der Waals surface area contributed by atoms with Gasteiger partial charge in [-0.1, -0.05) is 6.07 Å². The van der Waals surface area contributed by atoms with Gasteiger partial charge in [0.2, 0.25) is 11.8 Å². The van der Waals surface area contributed by atoms with Crippen molar-refractivity contribution in [2.24, 2.45) is 11.7 Å². The number of nitrogens with two attached hydrogens (primary N) is 1. The Kier molecular flexibility index (Phi) is 5.68. The zero-order valence-corrected chi connectivity index (χ0v) is 17.9. The first-order valence-corrected chi connectivity index (χ1v) is 10.5. The molecule has 3 atom stereocenters. The number of carbonyl (C=O) groups is 3. The van der Waals surface area contributed by atoms with E-state index in [0.717, 1.165) is 6.42 Å². The molecule has 1 aliphatic heterocycles. The highest BCUT2D eigenvalue weighted by Gasteiger charge is 2.55. The van der Waals surface area contributed by atoms with Gasteiger partial charge in [0.05, 0.1) is 6.54 Å². The molecule has 2 fully saturated rings. The van der Waals surface area contributed by atoms with Crippen LogP contribution >= 0.6 is 15.9 Å².